The number of halogens is 1. The molecule has 0 aliphatic heterocycles. The van der Waals surface area contributed by atoms with Crippen LogP contribution in [0.1, 0.15) is 12.8 Å². The number of hydrogen-bond acceptors (Lipinski definition) is 4. The monoisotopic (exact) mass is 205 g/mol. The van der Waals surface area contributed by atoms with Gasteiger partial charge in [0.1, 0.15) is 12.2 Å². The Morgan fingerprint density at radius 2 is 2.29 bits per heavy atom. The van der Waals surface area contributed by atoms with E-state index in [2.05, 4.69) is 5.32 Å². The fraction of sp³-hybridized carbons (Fsp3) is 0.750. The minimum atomic E-state index is -1.11. The van der Waals surface area contributed by atoms with E-state index in [1.54, 1.807) is 0 Å². The van der Waals surface area contributed by atoms with E-state index >= 15 is 0 Å². The van der Waals surface area contributed by atoms with Crippen LogP contribution in [-0.4, -0.2) is 42.6 Å². The highest BCUT2D eigenvalue weighted by molar-refractivity contribution is 5.72. The van der Waals surface area contributed by atoms with Gasteiger partial charge in [0.15, 0.2) is 0 Å². The van der Waals surface area contributed by atoms with Crippen LogP contribution in [0.5, 0.6) is 0 Å². The fourth-order valence-electron chi connectivity index (χ4n) is 0.898. The van der Waals surface area contributed by atoms with Crippen molar-refractivity contribution in [3.05, 3.63) is 0 Å². The Bertz CT molecular complexity index is 189. The van der Waals surface area contributed by atoms with E-state index in [1.807, 2.05) is 0 Å². The summed E-state index contributed by atoms with van der Waals surface area (Å²) in [6, 6.07) is -0.990. The predicted molar refractivity (Wildman–Crippen MR) is 51.4 cm³/mol. The van der Waals surface area contributed by atoms with Gasteiger partial charge in [-0.1, -0.05) is 0 Å². The highest BCUT2D eigenvalue weighted by Crippen LogP contribution is 2.03. The van der Waals surface area contributed by atoms with Gasteiger partial charge in [-0.05, 0) is 12.8 Å². The first-order chi connectivity index (χ1) is 6.57. The van der Waals surface area contributed by atoms with Gasteiger partial charge in [-0.3, -0.25) is 4.79 Å². The third-order valence-electron chi connectivity index (χ3n) is 1.72. The van der Waals surface area contributed by atoms with Crippen molar-refractivity contribution in [1.82, 2.24) is 5.32 Å². The molecule has 0 saturated carbocycles. The summed E-state index contributed by atoms with van der Waals surface area (Å²) in [5, 5.41) is 17.8. The number of nitrogens with one attached hydrogen (secondary N) is 2. The molecule has 0 heterocycles. The molecule has 0 rings (SSSR count). The summed E-state index contributed by atoms with van der Waals surface area (Å²) in [5.41, 5.74) is 5.20. The highest BCUT2D eigenvalue weighted by atomic mass is 19.1. The molecule has 0 aromatic carbocycles. The second-order valence-electron chi connectivity index (χ2n) is 2.98. The third-order valence-corrected chi connectivity index (χ3v) is 1.72. The maximum absolute atomic E-state index is 13.0. The molecule has 0 spiro atoms. The van der Waals surface area contributed by atoms with Crippen LogP contribution in [0.25, 0.3) is 0 Å². The molecular formula is C8H16FN3O2. The molecule has 2 atom stereocenters. The minimum Gasteiger partial charge on any atom is -0.480 e. The number of alkyl halides is 1. The molecule has 82 valence electrons. The van der Waals surface area contributed by atoms with E-state index in [1.165, 1.54) is 0 Å². The molecule has 0 aromatic rings. The molecule has 14 heavy (non-hydrogen) atoms. The van der Waals surface area contributed by atoms with Crippen LogP contribution in [0.4, 0.5) is 4.39 Å². The molecule has 0 aliphatic rings. The van der Waals surface area contributed by atoms with Crippen LogP contribution in [-0.2, 0) is 4.79 Å². The van der Waals surface area contributed by atoms with Crippen LogP contribution in [0.15, 0.2) is 0 Å². The van der Waals surface area contributed by atoms with Crippen molar-refractivity contribution in [2.24, 2.45) is 5.73 Å². The maximum Gasteiger partial charge on any atom is 0.320 e. The fourth-order valence-corrected chi connectivity index (χ4v) is 0.898. The van der Waals surface area contributed by atoms with E-state index in [4.69, 9.17) is 16.2 Å². The normalized spacial score (nSPS) is 14.7. The van der Waals surface area contributed by atoms with Crippen molar-refractivity contribution in [3.8, 4) is 0 Å². The Hall–Kier alpha value is -1.01. The zero-order chi connectivity index (χ0) is 11.0. The molecule has 2 unspecified atom stereocenters. The summed E-state index contributed by atoms with van der Waals surface area (Å²) < 4.78 is 13.0. The average molecular weight is 205 g/mol. The van der Waals surface area contributed by atoms with Crippen LogP contribution < -0.4 is 11.1 Å². The first-order valence-electron chi connectivity index (χ1n) is 4.40. The van der Waals surface area contributed by atoms with Crippen molar-refractivity contribution in [2.75, 3.05) is 13.1 Å². The first kappa shape index (κ1) is 13.0. The number of hydrogen-bond donors (Lipinski definition) is 4. The molecule has 0 bridgehead atoms. The molecule has 5 N–H and O–H groups in total. The van der Waals surface area contributed by atoms with Gasteiger partial charge < -0.3 is 21.6 Å². The Labute approximate surface area is 82.0 Å². The third kappa shape index (κ3) is 6.50. The summed E-state index contributed by atoms with van der Waals surface area (Å²) in [7, 11) is 0. The summed E-state index contributed by atoms with van der Waals surface area (Å²) >= 11 is 0. The minimum absolute atomic E-state index is 0.123. The quantitative estimate of drug-likeness (QED) is 0.324. The highest BCUT2D eigenvalue weighted by Gasteiger charge is 2.14. The first-order valence-corrected chi connectivity index (χ1v) is 4.40. The van der Waals surface area contributed by atoms with Crippen molar-refractivity contribution >= 4 is 12.2 Å². The number of aliphatic carboxylic acids is 1. The second kappa shape index (κ2) is 7.40. The zero-order valence-electron chi connectivity index (χ0n) is 7.87. The summed E-state index contributed by atoms with van der Waals surface area (Å²) in [4.78, 5) is 10.3. The van der Waals surface area contributed by atoms with Crippen molar-refractivity contribution in [1.29, 1.82) is 5.41 Å². The van der Waals surface area contributed by atoms with Crippen LogP contribution in [0.2, 0.25) is 0 Å². The van der Waals surface area contributed by atoms with E-state index in [0.29, 0.717) is 6.54 Å². The van der Waals surface area contributed by atoms with E-state index in [9.17, 15) is 9.18 Å². The topological polar surface area (TPSA) is 99.2 Å². The summed E-state index contributed by atoms with van der Waals surface area (Å²) in [6.45, 7) is 0.452. The zero-order valence-corrected chi connectivity index (χ0v) is 7.87. The molecule has 0 amide bonds. The van der Waals surface area contributed by atoms with Gasteiger partial charge in [-0.2, -0.15) is 0 Å². The van der Waals surface area contributed by atoms with Gasteiger partial charge >= 0.3 is 5.97 Å². The van der Waals surface area contributed by atoms with Gasteiger partial charge in [0, 0.05) is 19.3 Å². The van der Waals surface area contributed by atoms with E-state index in [-0.39, 0.29) is 19.4 Å². The van der Waals surface area contributed by atoms with Crippen molar-refractivity contribution < 1.29 is 14.3 Å². The predicted octanol–water partition coefficient (Wildman–Crippen LogP) is -0.244. The summed E-state index contributed by atoms with van der Waals surface area (Å²) in [5.74, 6) is -1.11. The maximum atomic E-state index is 13.0. The van der Waals surface area contributed by atoms with E-state index in [0.717, 1.165) is 6.21 Å². The van der Waals surface area contributed by atoms with Crippen LogP contribution in [0.3, 0.4) is 0 Å². The van der Waals surface area contributed by atoms with Crippen molar-refractivity contribution in [2.45, 2.75) is 25.1 Å². The number of nitrogens with two attached hydrogens (primary N) is 1. The molecule has 0 aliphatic carbocycles. The molecule has 5 nitrogen and oxygen atoms in total. The molecule has 0 aromatic heterocycles. The second-order valence-corrected chi connectivity index (χ2v) is 2.98. The molecule has 6 heteroatoms. The Morgan fingerprint density at radius 1 is 1.64 bits per heavy atom. The molecule has 0 fully saturated rings. The van der Waals surface area contributed by atoms with Crippen LogP contribution >= 0.6 is 0 Å². The lowest BCUT2D eigenvalue weighted by Crippen LogP contribution is -2.32. The Morgan fingerprint density at radius 3 is 2.79 bits per heavy atom. The lowest BCUT2D eigenvalue weighted by molar-refractivity contribution is -0.138. The number of carboxylic acids is 1. The van der Waals surface area contributed by atoms with Crippen LogP contribution in [0, 0.1) is 5.41 Å². The Kier molecular flexibility index (Phi) is 6.87. The van der Waals surface area contributed by atoms with Gasteiger partial charge in [-0.25, -0.2) is 4.39 Å². The molecule has 0 saturated heterocycles. The molecule has 0 radical (unpaired) electrons. The summed E-state index contributed by atoms with van der Waals surface area (Å²) in [6.07, 6.45) is 0.275. The largest absolute Gasteiger partial charge is 0.480 e. The van der Waals surface area contributed by atoms with Gasteiger partial charge in [0.25, 0.3) is 0 Å². The average Bonchev–Trinajstić information content (AvgIpc) is 2.14. The number of carbonyl (C=O) groups is 1. The number of carboxylic acid groups (broad SMARTS) is 1. The SMILES string of the molecule is N=CCNCC(F)CCC(N)C(=O)O. The van der Waals surface area contributed by atoms with Gasteiger partial charge in [0.05, 0.1) is 0 Å². The lowest BCUT2D eigenvalue weighted by Gasteiger charge is -2.10. The molecular weight excluding hydrogens is 189 g/mol. The Balaban J connectivity index is 3.47. The lowest BCUT2D eigenvalue weighted by atomic mass is 10.1. The van der Waals surface area contributed by atoms with E-state index < -0.39 is 18.2 Å². The standard InChI is InChI=1S/C8H16FN3O2/c9-6(5-12-4-3-10)1-2-7(11)8(13)14/h3,6-7,10,12H,1-2,4-5,11H2,(H,13,14). The smallest absolute Gasteiger partial charge is 0.320 e. The number of rotatable bonds is 8. The van der Waals surface area contributed by atoms with Crippen molar-refractivity contribution in [3.63, 3.8) is 0 Å². The van der Waals surface area contributed by atoms with Gasteiger partial charge in [0.2, 0.25) is 0 Å². The van der Waals surface area contributed by atoms with Gasteiger partial charge in [-0.15, -0.1) is 0 Å².